The molecular weight excluding hydrogens is 292 g/mol. The van der Waals surface area contributed by atoms with Gasteiger partial charge in [-0.15, -0.1) is 6.42 Å². The first-order valence-electron chi connectivity index (χ1n) is 7.18. The molecule has 1 aromatic carbocycles. The molecule has 1 heterocycles. The van der Waals surface area contributed by atoms with Crippen LogP contribution in [0.2, 0.25) is 0 Å². The van der Waals surface area contributed by atoms with Crippen molar-refractivity contribution >= 4 is 17.5 Å². The second-order valence-corrected chi connectivity index (χ2v) is 5.00. The van der Waals surface area contributed by atoms with Crippen LogP contribution in [-0.4, -0.2) is 28.1 Å². The second kappa shape index (κ2) is 7.80. The normalized spacial score (nSPS) is 9.91. The Morgan fingerprint density at radius 3 is 2.83 bits per heavy atom. The number of aromatic nitrogens is 2. The van der Waals surface area contributed by atoms with Gasteiger partial charge in [-0.3, -0.25) is 14.3 Å². The summed E-state index contributed by atoms with van der Waals surface area (Å²) in [7, 11) is 1.83. The van der Waals surface area contributed by atoms with Crippen molar-refractivity contribution in [2.45, 2.75) is 12.8 Å². The molecule has 0 saturated carbocycles. The van der Waals surface area contributed by atoms with Gasteiger partial charge in [0, 0.05) is 19.7 Å². The van der Waals surface area contributed by atoms with E-state index in [0.29, 0.717) is 24.1 Å². The lowest BCUT2D eigenvalue weighted by molar-refractivity contribution is -0.116. The van der Waals surface area contributed by atoms with Crippen LogP contribution in [0, 0.1) is 12.3 Å². The summed E-state index contributed by atoms with van der Waals surface area (Å²) in [5, 5.41) is 9.41. The summed E-state index contributed by atoms with van der Waals surface area (Å²) >= 11 is 0. The maximum atomic E-state index is 12.1. The third-order valence-electron chi connectivity index (χ3n) is 3.20. The number of para-hydroxylation sites is 1. The van der Waals surface area contributed by atoms with Gasteiger partial charge in [0.25, 0.3) is 5.91 Å². The van der Waals surface area contributed by atoms with Crippen LogP contribution in [0.1, 0.15) is 22.3 Å². The lowest BCUT2D eigenvalue weighted by Gasteiger charge is -2.10. The zero-order chi connectivity index (χ0) is 16.7. The Hall–Kier alpha value is -3.07. The van der Waals surface area contributed by atoms with Gasteiger partial charge in [0.15, 0.2) is 0 Å². The van der Waals surface area contributed by atoms with Crippen LogP contribution in [0.5, 0.6) is 0 Å². The van der Waals surface area contributed by atoms with Gasteiger partial charge in [-0.05, 0) is 24.1 Å². The minimum absolute atomic E-state index is 0.141. The molecule has 0 radical (unpaired) electrons. The number of rotatable bonds is 6. The number of nitrogens with one attached hydrogen (secondary N) is 2. The fraction of sp³-hybridized carbons (Fsp3) is 0.235. The standard InChI is InChI=1S/C17H18N4O2/c1-3-10-18-17(23)14-6-4-5-7-15(14)20-16(22)9-8-13-11-19-21(2)12-13/h1,4-7,11-12H,8-10H2,2H3,(H,18,23)(H,20,22). The summed E-state index contributed by atoms with van der Waals surface area (Å²) in [4.78, 5) is 24.1. The van der Waals surface area contributed by atoms with Gasteiger partial charge in [-0.2, -0.15) is 5.10 Å². The largest absolute Gasteiger partial charge is 0.341 e. The Kier molecular flexibility index (Phi) is 5.53. The molecule has 0 unspecified atom stereocenters. The number of hydrogen-bond donors (Lipinski definition) is 2. The predicted molar refractivity (Wildman–Crippen MR) is 87.8 cm³/mol. The van der Waals surface area contributed by atoms with Crippen LogP contribution in [-0.2, 0) is 18.3 Å². The third-order valence-corrected chi connectivity index (χ3v) is 3.20. The SMILES string of the molecule is C#CCNC(=O)c1ccccc1NC(=O)CCc1cnn(C)c1. The lowest BCUT2D eigenvalue weighted by Crippen LogP contribution is -2.25. The average molecular weight is 310 g/mol. The zero-order valence-electron chi connectivity index (χ0n) is 12.9. The topological polar surface area (TPSA) is 76.0 Å². The number of amides is 2. The Balaban J connectivity index is 1.97. The molecule has 2 N–H and O–H groups in total. The van der Waals surface area contributed by atoms with Crippen LogP contribution in [0.15, 0.2) is 36.7 Å². The number of anilines is 1. The fourth-order valence-corrected chi connectivity index (χ4v) is 2.09. The summed E-state index contributed by atoms with van der Waals surface area (Å²) in [5.74, 6) is 1.87. The zero-order valence-corrected chi connectivity index (χ0v) is 12.9. The summed E-state index contributed by atoms with van der Waals surface area (Å²) in [5.41, 5.74) is 1.85. The number of nitrogens with zero attached hydrogens (tertiary/aromatic N) is 2. The van der Waals surface area contributed by atoms with E-state index >= 15 is 0 Å². The van der Waals surface area contributed by atoms with Crippen molar-refractivity contribution in [3.8, 4) is 12.3 Å². The van der Waals surface area contributed by atoms with E-state index in [4.69, 9.17) is 6.42 Å². The summed E-state index contributed by atoms with van der Waals surface area (Å²) in [6.45, 7) is 0.141. The molecule has 2 rings (SSSR count). The molecule has 0 aliphatic carbocycles. The van der Waals surface area contributed by atoms with E-state index in [-0.39, 0.29) is 18.4 Å². The number of carbonyl (C=O) groups excluding carboxylic acids is 2. The molecule has 0 spiro atoms. The van der Waals surface area contributed by atoms with E-state index in [1.165, 1.54) is 0 Å². The van der Waals surface area contributed by atoms with Gasteiger partial charge in [0.1, 0.15) is 0 Å². The highest BCUT2D eigenvalue weighted by Crippen LogP contribution is 2.15. The van der Waals surface area contributed by atoms with Crippen molar-refractivity contribution < 1.29 is 9.59 Å². The highest BCUT2D eigenvalue weighted by atomic mass is 16.2. The minimum atomic E-state index is -0.314. The first-order valence-corrected chi connectivity index (χ1v) is 7.18. The van der Waals surface area contributed by atoms with Crippen molar-refractivity contribution in [1.29, 1.82) is 0 Å². The molecule has 6 nitrogen and oxygen atoms in total. The van der Waals surface area contributed by atoms with Gasteiger partial charge >= 0.3 is 0 Å². The first-order chi connectivity index (χ1) is 11.1. The highest BCUT2D eigenvalue weighted by Gasteiger charge is 2.12. The van der Waals surface area contributed by atoms with Crippen LogP contribution >= 0.6 is 0 Å². The number of benzene rings is 1. The van der Waals surface area contributed by atoms with E-state index in [1.54, 1.807) is 35.1 Å². The summed E-state index contributed by atoms with van der Waals surface area (Å²) in [6, 6.07) is 6.82. The molecule has 0 fully saturated rings. The lowest BCUT2D eigenvalue weighted by atomic mass is 10.1. The molecule has 2 aromatic rings. The van der Waals surface area contributed by atoms with Crippen molar-refractivity contribution in [3.05, 3.63) is 47.8 Å². The van der Waals surface area contributed by atoms with Crippen molar-refractivity contribution in [3.63, 3.8) is 0 Å². The van der Waals surface area contributed by atoms with Crippen molar-refractivity contribution in [2.75, 3.05) is 11.9 Å². The molecule has 1 aromatic heterocycles. The Morgan fingerprint density at radius 2 is 2.13 bits per heavy atom. The Bertz CT molecular complexity index is 743. The fourth-order valence-electron chi connectivity index (χ4n) is 2.09. The average Bonchev–Trinajstić information content (AvgIpc) is 2.96. The number of terminal acetylenes is 1. The quantitative estimate of drug-likeness (QED) is 0.791. The van der Waals surface area contributed by atoms with E-state index in [0.717, 1.165) is 5.56 Å². The second-order valence-electron chi connectivity index (χ2n) is 5.00. The van der Waals surface area contributed by atoms with Gasteiger partial charge in [-0.25, -0.2) is 0 Å². The first kappa shape index (κ1) is 16.3. The van der Waals surface area contributed by atoms with Gasteiger partial charge in [-0.1, -0.05) is 18.1 Å². The predicted octanol–water partition coefficient (Wildman–Crippen LogP) is 1.35. The van der Waals surface area contributed by atoms with E-state index < -0.39 is 0 Å². The molecule has 0 aliphatic heterocycles. The highest BCUT2D eigenvalue weighted by molar-refractivity contribution is 6.03. The Morgan fingerprint density at radius 1 is 1.35 bits per heavy atom. The molecule has 6 heteroatoms. The molecule has 0 bridgehead atoms. The maximum absolute atomic E-state index is 12.1. The van der Waals surface area contributed by atoms with Crippen molar-refractivity contribution in [1.82, 2.24) is 15.1 Å². The molecule has 118 valence electrons. The summed E-state index contributed by atoms with van der Waals surface area (Å²) in [6.07, 6.45) is 9.63. The van der Waals surface area contributed by atoms with E-state index in [1.807, 2.05) is 13.2 Å². The van der Waals surface area contributed by atoms with Crippen LogP contribution < -0.4 is 10.6 Å². The molecular formula is C17H18N4O2. The number of hydrogen-bond acceptors (Lipinski definition) is 3. The van der Waals surface area contributed by atoms with Gasteiger partial charge in [0.05, 0.1) is 24.0 Å². The number of aryl methyl sites for hydroxylation is 2. The maximum Gasteiger partial charge on any atom is 0.254 e. The number of carbonyl (C=O) groups is 2. The molecule has 0 atom stereocenters. The Labute approximate surface area is 134 Å². The van der Waals surface area contributed by atoms with Crippen LogP contribution in [0.3, 0.4) is 0 Å². The molecule has 0 aliphatic rings. The monoisotopic (exact) mass is 310 g/mol. The molecule has 2 amide bonds. The van der Waals surface area contributed by atoms with Crippen LogP contribution in [0.4, 0.5) is 5.69 Å². The van der Waals surface area contributed by atoms with Gasteiger partial charge < -0.3 is 10.6 Å². The summed E-state index contributed by atoms with van der Waals surface area (Å²) < 4.78 is 1.69. The molecule has 0 saturated heterocycles. The third kappa shape index (κ3) is 4.71. The smallest absolute Gasteiger partial charge is 0.254 e. The van der Waals surface area contributed by atoms with Crippen LogP contribution in [0.25, 0.3) is 0 Å². The van der Waals surface area contributed by atoms with Crippen molar-refractivity contribution in [2.24, 2.45) is 7.05 Å². The molecule has 23 heavy (non-hydrogen) atoms. The van der Waals surface area contributed by atoms with E-state index in [9.17, 15) is 9.59 Å². The minimum Gasteiger partial charge on any atom is -0.341 e. The van der Waals surface area contributed by atoms with E-state index in [2.05, 4.69) is 21.7 Å². The van der Waals surface area contributed by atoms with Gasteiger partial charge in [0.2, 0.25) is 5.91 Å².